The third kappa shape index (κ3) is 3.59. The van der Waals surface area contributed by atoms with Gasteiger partial charge >= 0.3 is 0 Å². The van der Waals surface area contributed by atoms with Gasteiger partial charge in [0.05, 0.1) is 6.61 Å². The Hall–Kier alpha value is -3.12. The fourth-order valence-corrected chi connectivity index (χ4v) is 4.59. The molecule has 4 rings (SSSR count). The molecule has 1 aliphatic heterocycles. The van der Waals surface area contributed by atoms with Crippen LogP contribution in [0.15, 0.2) is 60.0 Å². The molecule has 1 fully saturated rings. The van der Waals surface area contributed by atoms with Gasteiger partial charge < -0.3 is 9.64 Å². The topological polar surface area (TPSA) is 49.9 Å². The van der Waals surface area contributed by atoms with E-state index < -0.39 is 6.04 Å². The minimum Gasteiger partial charge on any atom is -0.494 e. The molecule has 0 unspecified atom stereocenters. The van der Waals surface area contributed by atoms with Crippen LogP contribution in [-0.2, 0) is 9.59 Å². The van der Waals surface area contributed by atoms with Crippen molar-refractivity contribution in [3.8, 4) is 5.75 Å². The van der Waals surface area contributed by atoms with E-state index in [1.165, 1.54) is 11.3 Å². The number of carbonyl (C=O) groups excluding carboxylic acids is 2. The first kappa shape index (κ1) is 20.2. The Bertz CT molecular complexity index is 1060. The first-order chi connectivity index (χ1) is 14.5. The van der Waals surface area contributed by atoms with Gasteiger partial charge in [0.15, 0.2) is 6.04 Å². The molecule has 1 aliphatic rings. The van der Waals surface area contributed by atoms with E-state index in [2.05, 4.69) is 0 Å². The molecule has 6 heteroatoms. The van der Waals surface area contributed by atoms with E-state index in [-0.39, 0.29) is 18.4 Å². The number of thiophene rings is 1. The van der Waals surface area contributed by atoms with Crippen molar-refractivity contribution in [3.05, 3.63) is 76.0 Å². The van der Waals surface area contributed by atoms with Crippen molar-refractivity contribution in [2.24, 2.45) is 0 Å². The lowest BCUT2D eigenvalue weighted by molar-refractivity contribution is -0.128. The van der Waals surface area contributed by atoms with E-state index in [1.54, 1.807) is 9.80 Å². The number of aryl methyl sites for hydroxylation is 1. The lowest BCUT2D eigenvalue weighted by Crippen LogP contribution is -2.56. The number of rotatable bonds is 5. The molecule has 0 N–H and O–H groups in total. The Labute approximate surface area is 180 Å². The molecular weight excluding hydrogens is 396 g/mol. The van der Waals surface area contributed by atoms with Gasteiger partial charge in [0.1, 0.15) is 12.3 Å². The van der Waals surface area contributed by atoms with Gasteiger partial charge in [0.25, 0.3) is 5.91 Å². The number of ether oxygens (including phenoxy) is 1. The van der Waals surface area contributed by atoms with Crippen LogP contribution in [0.3, 0.4) is 0 Å². The third-order valence-corrected chi connectivity index (χ3v) is 6.35. The van der Waals surface area contributed by atoms with Crippen LogP contribution < -0.4 is 14.5 Å². The minimum atomic E-state index is -0.691. The molecule has 2 amide bonds. The molecule has 2 aromatic carbocycles. The molecule has 1 saturated heterocycles. The number of hydrogen-bond acceptors (Lipinski definition) is 4. The maximum atomic E-state index is 13.7. The van der Waals surface area contributed by atoms with Crippen molar-refractivity contribution in [2.45, 2.75) is 26.8 Å². The Morgan fingerprint density at radius 3 is 2.47 bits per heavy atom. The van der Waals surface area contributed by atoms with E-state index in [4.69, 9.17) is 4.74 Å². The number of hydrogen-bond donors (Lipinski definition) is 0. The highest BCUT2D eigenvalue weighted by Crippen LogP contribution is 2.37. The second-order valence-electron chi connectivity index (χ2n) is 7.25. The molecule has 0 radical (unpaired) electrons. The summed E-state index contributed by atoms with van der Waals surface area (Å²) in [5.41, 5.74) is 3.59. The molecule has 154 valence electrons. The number of nitrogens with zero attached hydrogens (tertiary/aromatic N) is 2. The number of carbonyl (C=O) groups is 2. The highest BCUT2D eigenvalue weighted by Gasteiger charge is 2.42. The Morgan fingerprint density at radius 2 is 1.80 bits per heavy atom. The van der Waals surface area contributed by atoms with Crippen molar-refractivity contribution < 1.29 is 14.3 Å². The molecule has 30 heavy (non-hydrogen) atoms. The van der Waals surface area contributed by atoms with Gasteiger partial charge in [0, 0.05) is 16.3 Å². The van der Waals surface area contributed by atoms with Crippen LogP contribution in [0, 0.1) is 13.8 Å². The van der Waals surface area contributed by atoms with Gasteiger partial charge in [-0.25, -0.2) is 0 Å². The molecule has 0 spiro atoms. The van der Waals surface area contributed by atoms with Crippen LogP contribution >= 0.6 is 11.3 Å². The van der Waals surface area contributed by atoms with Crippen molar-refractivity contribution in [1.82, 2.24) is 0 Å². The van der Waals surface area contributed by atoms with Gasteiger partial charge in [-0.05, 0) is 73.7 Å². The fourth-order valence-electron chi connectivity index (χ4n) is 3.78. The number of amides is 2. The molecule has 5 nitrogen and oxygen atoms in total. The van der Waals surface area contributed by atoms with E-state index in [9.17, 15) is 9.59 Å². The van der Waals surface area contributed by atoms with E-state index in [0.29, 0.717) is 12.3 Å². The Balaban J connectivity index is 1.76. The summed E-state index contributed by atoms with van der Waals surface area (Å²) in [5, 5.41) is 1.93. The van der Waals surface area contributed by atoms with E-state index >= 15 is 0 Å². The zero-order chi connectivity index (χ0) is 21.3. The molecule has 0 aliphatic carbocycles. The summed E-state index contributed by atoms with van der Waals surface area (Å²) in [5.74, 6) is 0.527. The molecule has 3 aromatic rings. The average Bonchev–Trinajstić information content (AvgIpc) is 3.27. The van der Waals surface area contributed by atoms with Crippen LogP contribution in [0.2, 0.25) is 0 Å². The molecule has 2 heterocycles. The van der Waals surface area contributed by atoms with Gasteiger partial charge in [-0.1, -0.05) is 18.2 Å². The van der Waals surface area contributed by atoms with Gasteiger partial charge in [-0.3, -0.25) is 14.5 Å². The Morgan fingerprint density at radius 1 is 1.03 bits per heavy atom. The molecule has 1 atom stereocenters. The second-order valence-corrected chi connectivity index (χ2v) is 8.23. The number of benzene rings is 2. The zero-order valence-electron chi connectivity index (χ0n) is 17.3. The van der Waals surface area contributed by atoms with Gasteiger partial charge in [-0.15, -0.1) is 11.3 Å². The summed E-state index contributed by atoms with van der Waals surface area (Å²) < 4.78 is 5.52. The average molecular weight is 421 g/mol. The van der Waals surface area contributed by atoms with Crippen molar-refractivity contribution in [1.29, 1.82) is 0 Å². The molecule has 0 saturated carbocycles. The van der Waals surface area contributed by atoms with Crippen LogP contribution in [-0.4, -0.2) is 25.0 Å². The van der Waals surface area contributed by atoms with Crippen molar-refractivity contribution >= 4 is 34.5 Å². The first-order valence-corrected chi connectivity index (χ1v) is 10.8. The number of anilines is 2. The lowest BCUT2D eigenvalue weighted by Gasteiger charge is -2.40. The summed E-state index contributed by atoms with van der Waals surface area (Å²) in [6.07, 6.45) is 0. The fraction of sp³-hybridized carbons (Fsp3) is 0.250. The SMILES string of the molecule is CCOc1ccc(N2C(=O)CN(c3cccc(C)c3C)C(=O)[C@H]2c2cccs2)cc1. The van der Waals surface area contributed by atoms with E-state index in [1.807, 2.05) is 80.7 Å². The van der Waals surface area contributed by atoms with Gasteiger partial charge in [-0.2, -0.15) is 0 Å². The van der Waals surface area contributed by atoms with Crippen molar-refractivity contribution in [3.63, 3.8) is 0 Å². The largest absolute Gasteiger partial charge is 0.494 e. The monoisotopic (exact) mass is 420 g/mol. The molecular formula is C24H24N2O3S. The maximum absolute atomic E-state index is 13.7. The molecule has 1 aromatic heterocycles. The van der Waals surface area contributed by atoms with Gasteiger partial charge in [0.2, 0.25) is 5.91 Å². The zero-order valence-corrected chi connectivity index (χ0v) is 18.1. The smallest absolute Gasteiger partial charge is 0.256 e. The highest BCUT2D eigenvalue weighted by molar-refractivity contribution is 7.10. The second kappa shape index (κ2) is 8.32. The molecule has 0 bridgehead atoms. The van der Waals surface area contributed by atoms with Crippen LogP contribution in [0.4, 0.5) is 11.4 Å². The van der Waals surface area contributed by atoms with E-state index in [0.717, 1.165) is 27.4 Å². The van der Waals surface area contributed by atoms with Crippen LogP contribution in [0.1, 0.15) is 29.0 Å². The van der Waals surface area contributed by atoms with Crippen molar-refractivity contribution in [2.75, 3.05) is 23.0 Å². The maximum Gasteiger partial charge on any atom is 0.256 e. The summed E-state index contributed by atoms with van der Waals surface area (Å²) in [6.45, 7) is 6.51. The highest BCUT2D eigenvalue weighted by atomic mass is 32.1. The predicted molar refractivity (Wildman–Crippen MR) is 120 cm³/mol. The quantitative estimate of drug-likeness (QED) is 0.591. The first-order valence-electron chi connectivity index (χ1n) is 9.97. The third-order valence-electron chi connectivity index (χ3n) is 5.43. The normalized spacial score (nSPS) is 16.8. The summed E-state index contributed by atoms with van der Waals surface area (Å²) in [4.78, 5) is 31.1. The summed E-state index contributed by atoms with van der Waals surface area (Å²) in [7, 11) is 0. The van der Waals surface area contributed by atoms with Crippen LogP contribution in [0.5, 0.6) is 5.75 Å². The summed E-state index contributed by atoms with van der Waals surface area (Å²) in [6, 6.07) is 16.3. The predicted octanol–water partition coefficient (Wildman–Crippen LogP) is 4.88. The minimum absolute atomic E-state index is 0.0121. The lowest BCUT2D eigenvalue weighted by atomic mass is 10.0. The Kier molecular flexibility index (Phi) is 5.59. The van der Waals surface area contributed by atoms with Crippen LogP contribution in [0.25, 0.3) is 0 Å². The summed E-state index contributed by atoms with van der Waals surface area (Å²) >= 11 is 1.48. The number of piperazine rings is 1. The standard InChI is InChI=1S/C24H24N2O3S/c1-4-29-19-12-10-18(11-13-19)26-22(27)15-25(20-8-5-7-16(2)17(20)3)24(28)23(26)21-9-6-14-30-21/h5-14,23H,4,15H2,1-3H3/t23-/m1/s1.